The second kappa shape index (κ2) is 8.13. The van der Waals surface area contributed by atoms with Crippen LogP contribution in [-0.2, 0) is 19.4 Å². The van der Waals surface area contributed by atoms with Gasteiger partial charge in [-0.05, 0) is 25.1 Å². The van der Waals surface area contributed by atoms with Gasteiger partial charge in [-0.1, -0.05) is 18.2 Å². The second-order valence-corrected chi connectivity index (χ2v) is 7.65. The van der Waals surface area contributed by atoms with Crippen molar-refractivity contribution in [3.63, 3.8) is 0 Å². The summed E-state index contributed by atoms with van der Waals surface area (Å²) in [7, 11) is 2.11. The van der Waals surface area contributed by atoms with E-state index in [2.05, 4.69) is 32.8 Å². The minimum Gasteiger partial charge on any atom is -0.340 e. The molecule has 3 heterocycles. The molecule has 7 heteroatoms. The van der Waals surface area contributed by atoms with Gasteiger partial charge in [-0.3, -0.25) is 14.7 Å². The summed E-state index contributed by atoms with van der Waals surface area (Å²) in [5, 5.41) is 9.32. The van der Waals surface area contributed by atoms with Crippen molar-refractivity contribution in [2.45, 2.75) is 19.4 Å². The van der Waals surface area contributed by atoms with E-state index >= 15 is 0 Å². The number of benzene rings is 1. The number of fused-ring (bicyclic) bond motifs is 1. The Kier molecular flexibility index (Phi) is 5.42. The first-order chi connectivity index (χ1) is 13.6. The standard InChI is InChI=1S/C21H26N6O/c1-25-10-12-27(13-11-25)21-23-19-7-9-26(8-6-18(19)20(28)24-21)15-17-5-3-2-4-16(17)14-22/h2-5H,6-13,15H2,1H3,(H,23,24,28). The van der Waals surface area contributed by atoms with Gasteiger partial charge in [0.05, 0.1) is 17.3 Å². The Labute approximate surface area is 165 Å². The Morgan fingerprint density at radius 1 is 1.11 bits per heavy atom. The maximum Gasteiger partial charge on any atom is 0.255 e. The summed E-state index contributed by atoms with van der Waals surface area (Å²) < 4.78 is 0. The smallest absolute Gasteiger partial charge is 0.255 e. The van der Waals surface area contributed by atoms with Crippen LogP contribution >= 0.6 is 0 Å². The van der Waals surface area contributed by atoms with Crippen LogP contribution in [0.5, 0.6) is 0 Å². The molecule has 0 spiro atoms. The quantitative estimate of drug-likeness (QED) is 0.858. The van der Waals surface area contributed by atoms with Gasteiger partial charge >= 0.3 is 0 Å². The van der Waals surface area contributed by atoms with Crippen molar-refractivity contribution in [1.82, 2.24) is 19.8 Å². The summed E-state index contributed by atoms with van der Waals surface area (Å²) >= 11 is 0. The topological polar surface area (TPSA) is 79.3 Å². The molecule has 0 unspecified atom stereocenters. The lowest BCUT2D eigenvalue weighted by molar-refractivity contribution is 0.278. The van der Waals surface area contributed by atoms with Gasteiger partial charge in [0, 0.05) is 57.8 Å². The fourth-order valence-corrected chi connectivity index (χ4v) is 3.98. The first-order valence-electron chi connectivity index (χ1n) is 9.90. The number of nitriles is 1. The summed E-state index contributed by atoms with van der Waals surface area (Å²) in [4.78, 5) is 27.3. The zero-order valence-electron chi connectivity index (χ0n) is 16.3. The Hall–Kier alpha value is -2.69. The Balaban J connectivity index is 1.50. The highest BCUT2D eigenvalue weighted by Crippen LogP contribution is 2.18. The SMILES string of the molecule is CN1CCN(c2nc3c(c(=O)[nH]2)CCN(Cc2ccccc2C#N)CC3)CC1. The number of aromatic amines is 1. The highest BCUT2D eigenvalue weighted by Gasteiger charge is 2.22. The van der Waals surface area contributed by atoms with Gasteiger partial charge in [0.25, 0.3) is 5.56 Å². The van der Waals surface area contributed by atoms with Crippen molar-refractivity contribution in [1.29, 1.82) is 5.26 Å². The Bertz CT molecular complexity index is 939. The molecule has 0 bridgehead atoms. The van der Waals surface area contributed by atoms with Gasteiger partial charge in [0.1, 0.15) is 0 Å². The van der Waals surface area contributed by atoms with Crippen LogP contribution in [0.1, 0.15) is 22.4 Å². The number of anilines is 1. The van der Waals surface area contributed by atoms with Crippen molar-refractivity contribution in [2.75, 3.05) is 51.2 Å². The van der Waals surface area contributed by atoms with Crippen molar-refractivity contribution in [3.8, 4) is 6.07 Å². The zero-order valence-corrected chi connectivity index (χ0v) is 16.3. The van der Waals surface area contributed by atoms with E-state index in [1.807, 2.05) is 24.3 Å². The molecule has 0 aliphatic carbocycles. The molecule has 2 aliphatic heterocycles. The third kappa shape index (κ3) is 3.93. The third-order valence-corrected chi connectivity index (χ3v) is 5.77. The van der Waals surface area contributed by atoms with E-state index in [1.54, 1.807) is 0 Å². The van der Waals surface area contributed by atoms with Crippen LogP contribution in [0.15, 0.2) is 29.1 Å². The van der Waals surface area contributed by atoms with Crippen LogP contribution in [0.2, 0.25) is 0 Å². The molecule has 146 valence electrons. The lowest BCUT2D eigenvalue weighted by Gasteiger charge is -2.32. The van der Waals surface area contributed by atoms with Gasteiger partial charge < -0.3 is 9.80 Å². The Morgan fingerprint density at radius 2 is 1.86 bits per heavy atom. The van der Waals surface area contributed by atoms with Gasteiger partial charge in [-0.25, -0.2) is 4.98 Å². The molecule has 28 heavy (non-hydrogen) atoms. The van der Waals surface area contributed by atoms with Crippen molar-refractivity contribution < 1.29 is 0 Å². The summed E-state index contributed by atoms with van der Waals surface area (Å²) in [5.41, 5.74) is 3.49. The molecule has 0 saturated carbocycles. The van der Waals surface area contributed by atoms with Crippen molar-refractivity contribution in [2.24, 2.45) is 0 Å². The zero-order chi connectivity index (χ0) is 19.5. The highest BCUT2D eigenvalue weighted by atomic mass is 16.1. The molecule has 0 radical (unpaired) electrons. The lowest BCUT2D eigenvalue weighted by Crippen LogP contribution is -2.45. The molecule has 7 nitrogen and oxygen atoms in total. The van der Waals surface area contributed by atoms with E-state index in [-0.39, 0.29) is 5.56 Å². The van der Waals surface area contributed by atoms with E-state index in [0.717, 1.165) is 74.6 Å². The van der Waals surface area contributed by atoms with Crippen LogP contribution in [0.25, 0.3) is 0 Å². The molecule has 2 aliphatic rings. The summed E-state index contributed by atoms with van der Waals surface area (Å²) in [6.07, 6.45) is 1.45. The van der Waals surface area contributed by atoms with Crippen molar-refractivity contribution >= 4 is 5.95 Å². The fourth-order valence-electron chi connectivity index (χ4n) is 3.98. The number of piperazine rings is 1. The lowest BCUT2D eigenvalue weighted by atomic mass is 10.1. The molecule has 1 aromatic heterocycles. The van der Waals surface area contributed by atoms with Crippen LogP contribution in [0, 0.1) is 11.3 Å². The molecule has 2 aromatic rings. The summed E-state index contributed by atoms with van der Waals surface area (Å²) in [6.45, 7) is 6.09. The molecule has 1 saturated heterocycles. The number of hydrogen-bond donors (Lipinski definition) is 1. The maximum absolute atomic E-state index is 12.7. The van der Waals surface area contributed by atoms with E-state index in [1.165, 1.54) is 0 Å². The molecule has 1 fully saturated rings. The number of aromatic nitrogens is 2. The number of likely N-dealkylation sites (N-methyl/N-ethyl adjacent to an activating group) is 1. The van der Waals surface area contributed by atoms with E-state index in [4.69, 9.17) is 4.98 Å². The van der Waals surface area contributed by atoms with E-state index in [0.29, 0.717) is 12.4 Å². The Morgan fingerprint density at radius 3 is 2.64 bits per heavy atom. The predicted molar refractivity (Wildman–Crippen MR) is 108 cm³/mol. The van der Waals surface area contributed by atoms with Gasteiger partial charge in [-0.2, -0.15) is 5.26 Å². The number of nitrogens with zero attached hydrogens (tertiary/aromatic N) is 5. The molecule has 1 aromatic carbocycles. The van der Waals surface area contributed by atoms with Gasteiger partial charge in [-0.15, -0.1) is 0 Å². The number of H-pyrrole nitrogens is 1. The maximum atomic E-state index is 12.7. The number of nitrogens with one attached hydrogen (secondary N) is 1. The largest absolute Gasteiger partial charge is 0.340 e. The van der Waals surface area contributed by atoms with Crippen LogP contribution in [-0.4, -0.2) is 66.1 Å². The van der Waals surface area contributed by atoms with Gasteiger partial charge in [0.2, 0.25) is 5.95 Å². The van der Waals surface area contributed by atoms with E-state index in [9.17, 15) is 10.1 Å². The first kappa shape index (κ1) is 18.7. The molecule has 1 N–H and O–H groups in total. The predicted octanol–water partition coefficient (Wildman–Crippen LogP) is 0.994. The summed E-state index contributed by atoms with van der Waals surface area (Å²) in [5.74, 6) is 0.708. The third-order valence-electron chi connectivity index (χ3n) is 5.77. The minimum absolute atomic E-state index is 0.00166. The molecular weight excluding hydrogens is 352 g/mol. The van der Waals surface area contributed by atoms with E-state index < -0.39 is 0 Å². The van der Waals surface area contributed by atoms with Crippen molar-refractivity contribution in [3.05, 3.63) is 57.0 Å². The fraction of sp³-hybridized carbons (Fsp3) is 0.476. The molecular formula is C21H26N6O. The van der Waals surface area contributed by atoms with Crippen LogP contribution < -0.4 is 10.5 Å². The highest BCUT2D eigenvalue weighted by molar-refractivity contribution is 5.38. The average Bonchev–Trinajstić information content (AvgIpc) is 2.92. The van der Waals surface area contributed by atoms with Gasteiger partial charge in [0.15, 0.2) is 0 Å². The molecule has 0 atom stereocenters. The average molecular weight is 378 g/mol. The first-order valence-corrected chi connectivity index (χ1v) is 9.90. The number of hydrogen-bond acceptors (Lipinski definition) is 6. The molecule has 4 rings (SSSR count). The normalized spacial score (nSPS) is 18.4. The van der Waals surface area contributed by atoms with Crippen LogP contribution in [0.3, 0.4) is 0 Å². The minimum atomic E-state index is -0.00166. The molecule has 0 amide bonds. The van der Waals surface area contributed by atoms with Crippen LogP contribution in [0.4, 0.5) is 5.95 Å². The summed E-state index contributed by atoms with van der Waals surface area (Å²) in [6, 6.07) is 10.00. The monoisotopic (exact) mass is 378 g/mol. The number of rotatable bonds is 3. The second-order valence-electron chi connectivity index (χ2n) is 7.65.